The van der Waals surface area contributed by atoms with E-state index in [0.717, 1.165) is 6.07 Å². The quantitative estimate of drug-likeness (QED) is 0.533. The van der Waals surface area contributed by atoms with Crippen molar-refractivity contribution in [2.75, 3.05) is 11.2 Å². The Morgan fingerprint density at radius 2 is 2.12 bits per heavy atom. The third-order valence-corrected chi connectivity index (χ3v) is 6.32. The highest BCUT2D eigenvalue weighted by Crippen LogP contribution is 2.29. The van der Waals surface area contributed by atoms with Gasteiger partial charge in [0.25, 0.3) is 0 Å². The minimum Gasteiger partial charge on any atom is -0.478 e. The van der Waals surface area contributed by atoms with Crippen molar-refractivity contribution < 1.29 is 22.7 Å². The summed E-state index contributed by atoms with van der Waals surface area (Å²) in [5, 5.41) is 12.5. The summed E-state index contributed by atoms with van der Waals surface area (Å²) in [5.41, 5.74) is 0.00671. The maximum absolute atomic E-state index is 12.4. The molecule has 1 aromatic heterocycles. The van der Waals surface area contributed by atoms with E-state index in [1.807, 2.05) is 13.8 Å². The Kier molecular flexibility index (Phi) is 6.99. The molecule has 2 rings (SSSR count). The second-order valence-corrected chi connectivity index (χ2v) is 9.28. The molecular weight excluding hydrogens is 400 g/mol. The number of carbonyl (C=O) groups is 1. The van der Waals surface area contributed by atoms with Crippen LogP contribution < -0.4 is 10.0 Å². The average Bonchev–Trinajstić information content (AvgIpc) is 3.05. The van der Waals surface area contributed by atoms with Gasteiger partial charge in [0.05, 0.1) is 35.0 Å². The maximum Gasteiger partial charge on any atom is 0.337 e. The highest BCUT2D eigenvalue weighted by atomic mass is 35.5. The van der Waals surface area contributed by atoms with Crippen molar-refractivity contribution in [3.05, 3.63) is 46.9 Å². The second kappa shape index (κ2) is 8.81. The van der Waals surface area contributed by atoms with E-state index in [0.29, 0.717) is 5.76 Å². The van der Waals surface area contributed by atoms with E-state index in [9.17, 15) is 18.3 Å². The highest BCUT2D eigenvalue weighted by molar-refractivity contribution is 8.00. The molecule has 0 unspecified atom stereocenters. The van der Waals surface area contributed by atoms with Crippen LogP contribution >= 0.6 is 23.4 Å². The lowest BCUT2D eigenvalue weighted by atomic mass is 10.1. The molecule has 0 amide bonds. The van der Waals surface area contributed by atoms with Crippen LogP contribution in [0.4, 0.5) is 5.69 Å². The Balaban J connectivity index is 2.28. The molecule has 0 atom stereocenters. The number of thioether (sulfide) groups is 1. The zero-order valence-corrected chi connectivity index (χ0v) is 16.5. The predicted molar refractivity (Wildman–Crippen MR) is 102 cm³/mol. The molecule has 142 valence electrons. The number of benzene rings is 1. The molecule has 0 radical (unpaired) electrons. The lowest BCUT2D eigenvalue weighted by Gasteiger charge is -2.14. The fourth-order valence-electron chi connectivity index (χ4n) is 2.03. The number of hydrogen-bond acceptors (Lipinski definition) is 6. The summed E-state index contributed by atoms with van der Waals surface area (Å²) in [6.45, 7) is 4.11. The summed E-state index contributed by atoms with van der Waals surface area (Å²) in [6.07, 6.45) is 1.50. The van der Waals surface area contributed by atoms with E-state index < -0.39 is 16.0 Å². The van der Waals surface area contributed by atoms with Gasteiger partial charge in [-0.1, -0.05) is 25.4 Å². The number of furan rings is 1. The van der Waals surface area contributed by atoms with Crippen LogP contribution in [0.3, 0.4) is 0 Å². The number of halogens is 1. The minimum atomic E-state index is -3.93. The number of rotatable bonds is 9. The number of anilines is 1. The van der Waals surface area contributed by atoms with Crippen LogP contribution in [0.5, 0.6) is 0 Å². The van der Waals surface area contributed by atoms with Crippen molar-refractivity contribution in [3.8, 4) is 0 Å². The Morgan fingerprint density at radius 1 is 1.38 bits per heavy atom. The Hall–Kier alpha value is -1.68. The van der Waals surface area contributed by atoms with Crippen molar-refractivity contribution in [2.45, 2.75) is 30.5 Å². The van der Waals surface area contributed by atoms with Gasteiger partial charge in [-0.05, 0) is 24.3 Å². The highest BCUT2D eigenvalue weighted by Gasteiger charge is 2.23. The van der Waals surface area contributed by atoms with E-state index in [2.05, 4.69) is 10.0 Å². The van der Waals surface area contributed by atoms with Crippen LogP contribution in [0, 0.1) is 0 Å². The number of carboxylic acids is 1. The first-order valence-electron chi connectivity index (χ1n) is 7.65. The summed E-state index contributed by atoms with van der Waals surface area (Å²) in [6, 6.07) is 5.78. The number of nitrogens with one attached hydrogen (secondary N) is 2. The van der Waals surface area contributed by atoms with Gasteiger partial charge in [0.1, 0.15) is 10.7 Å². The Bertz CT molecular complexity index is 867. The molecule has 1 heterocycles. The monoisotopic (exact) mass is 418 g/mol. The molecule has 0 saturated heterocycles. The summed E-state index contributed by atoms with van der Waals surface area (Å²) in [7, 11) is -3.93. The van der Waals surface area contributed by atoms with Gasteiger partial charge in [-0.2, -0.15) is 0 Å². The summed E-state index contributed by atoms with van der Waals surface area (Å²) in [5.74, 6) is -0.504. The van der Waals surface area contributed by atoms with Gasteiger partial charge in [0.15, 0.2) is 0 Å². The number of aromatic carboxylic acids is 1. The first-order chi connectivity index (χ1) is 12.2. The average molecular weight is 419 g/mol. The summed E-state index contributed by atoms with van der Waals surface area (Å²) >= 11 is 7.52. The standard InChI is InChI=1S/C16H19ClN2O5S2/c1-10(2)25-9-19-26(22,23)15-6-12(16(20)21)14(7-13(15)17)18-8-11-4-3-5-24-11/h3-7,10,18-19H,8-9H2,1-2H3,(H,20,21). The number of hydrogen-bond donors (Lipinski definition) is 3. The third-order valence-electron chi connectivity index (χ3n) is 3.29. The van der Waals surface area contributed by atoms with Gasteiger partial charge in [0.2, 0.25) is 10.0 Å². The fraction of sp³-hybridized carbons (Fsp3) is 0.312. The SMILES string of the molecule is CC(C)SCNS(=O)(=O)c1cc(C(=O)O)c(NCc2ccco2)cc1Cl. The summed E-state index contributed by atoms with van der Waals surface area (Å²) < 4.78 is 32.4. The van der Waals surface area contributed by atoms with Crippen LogP contribution in [-0.4, -0.2) is 30.6 Å². The van der Waals surface area contributed by atoms with Crippen LogP contribution in [0.1, 0.15) is 30.0 Å². The van der Waals surface area contributed by atoms with Crippen molar-refractivity contribution >= 4 is 45.0 Å². The largest absolute Gasteiger partial charge is 0.478 e. The van der Waals surface area contributed by atoms with Crippen LogP contribution in [0.15, 0.2) is 39.8 Å². The summed E-state index contributed by atoms with van der Waals surface area (Å²) in [4.78, 5) is 11.3. The van der Waals surface area contributed by atoms with Gasteiger partial charge >= 0.3 is 5.97 Å². The molecule has 0 fully saturated rings. The zero-order chi connectivity index (χ0) is 19.3. The fourth-order valence-corrected chi connectivity index (χ4v) is 4.47. The van der Waals surface area contributed by atoms with E-state index in [4.69, 9.17) is 16.0 Å². The molecule has 0 aliphatic carbocycles. The molecule has 7 nitrogen and oxygen atoms in total. The van der Waals surface area contributed by atoms with Crippen molar-refractivity contribution in [1.82, 2.24) is 4.72 Å². The van der Waals surface area contributed by atoms with E-state index >= 15 is 0 Å². The van der Waals surface area contributed by atoms with Crippen LogP contribution in [-0.2, 0) is 16.6 Å². The zero-order valence-electron chi connectivity index (χ0n) is 14.2. The van der Waals surface area contributed by atoms with E-state index in [-0.39, 0.29) is 38.8 Å². The number of sulfonamides is 1. The number of carboxylic acid groups (broad SMARTS) is 1. The van der Waals surface area contributed by atoms with E-state index in [1.165, 1.54) is 24.1 Å². The molecule has 10 heteroatoms. The predicted octanol–water partition coefficient (Wildman–Crippen LogP) is 3.62. The lowest BCUT2D eigenvalue weighted by Crippen LogP contribution is -2.25. The molecule has 0 aliphatic rings. The molecule has 26 heavy (non-hydrogen) atoms. The molecule has 0 saturated carbocycles. The van der Waals surface area contributed by atoms with Crippen LogP contribution in [0.2, 0.25) is 5.02 Å². The van der Waals surface area contributed by atoms with Crippen LogP contribution in [0.25, 0.3) is 0 Å². The Morgan fingerprint density at radius 3 is 2.69 bits per heavy atom. The second-order valence-electron chi connectivity index (χ2n) is 5.57. The van der Waals surface area contributed by atoms with Gasteiger partial charge in [0, 0.05) is 5.25 Å². The molecule has 0 aliphatic heterocycles. The first kappa shape index (κ1) is 20.6. The van der Waals surface area contributed by atoms with Crippen molar-refractivity contribution in [3.63, 3.8) is 0 Å². The smallest absolute Gasteiger partial charge is 0.337 e. The topological polar surface area (TPSA) is 109 Å². The maximum atomic E-state index is 12.4. The van der Waals surface area contributed by atoms with E-state index in [1.54, 1.807) is 12.1 Å². The molecule has 0 spiro atoms. The van der Waals surface area contributed by atoms with Crippen molar-refractivity contribution in [2.24, 2.45) is 0 Å². The minimum absolute atomic E-state index is 0.0704. The Labute approximate surface area is 161 Å². The third kappa shape index (κ3) is 5.41. The molecule has 3 N–H and O–H groups in total. The van der Waals surface area contributed by atoms with Gasteiger partial charge in [-0.15, -0.1) is 11.8 Å². The molecule has 2 aromatic rings. The van der Waals surface area contributed by atoms with Crippen molar-refractivity contribution in [1.29, 1.82) is 0 Å². The van der Waals surface area contributed by atoms with Gasteiger partial charge in [-0.25, -0.2) is 17.9 Å². The van der Waals surface area contributed by atoms with Gasteiger partial charge in [-0.3, -0.25) is 0 Å². The molecular formula is C16H19ClN2O5S2. The first-order valence-corrected chi connectivity index (χ1v) is 10.6. The lowest BCUT2D eigenvalue weighted by molar-refractivity contribution is 0.0697. The molecule has 1 aromatic carbocycles. The molecule has 0 bridgehead atoms. The normalized spacial score (nSPS) is 11.7. The van der Waals surface area contributed by atoms with Gasteiger partial charge < -0.3 is 14.8 Å².